The standard InChI is InChI=1S/C28H34BrN5O5S/c1-5-11-32(15-33-19-10-8-7-9-18(19)30-31-33)26(37)24-28-13-17(29)23(40-28)21(27(38)39-12-6-2)22(28)25(36)34(24)20(14-35)16(3)4/h5-10,16-17,20-24,35H,1-2,11-15H2,3-4H3/t17?,20-,21+,22-,23+,24?,28?/m0/s1. The number of fused-ring (bicyclic) bond motifs is 2. The lowest BCUT2D eigenvalue weighted by molar-refractivity contribution is -0.153. The number of hydrogen-bond donors (Lipinski definition) is 1. The van der Waals surface area contributed by atoms with Crippen molar-refractivity contribution in [2.24, 2.45) is 17.8 Å². The van der Waals surface area contributed by atoms with Crippen LogP contribution in [0.3, 0.4) is 0 Å². The molecule has 1 spiro atoms. The first-order valence-electron chi connectivity index (χ1n) is 13.4. The summed E-state index contributed by atoms with van der Waals surface area (Å²) in [6.07, 6.45) is 3.67. The molecule has 2 aromatic rings. The molecule has 214 valence electrons. The highest BCUT2D eigenvalue weighted by Gasteiger charge is 2.76. The van der Waals surface area contributed by atoms with E-state index in [9.17, 15) is 19.5 Å². The number of aliphatic hydroxyl groups excluding tert-OH is 1. The number of aliphatic hydroxyl groups is 1. The lowest BCUT2D eigenvalue weighted by Crippen LogP contribution is -2.58. The maximum Gasteiger partial charge on any atom is 0.311 e. The van der Waals surface area contributed by atoms with Crippen molar-refractivity contribution >= 4 is 56.5 Å². The molecule has 10 nitrogen and oxygen atoms in total. The van der Waals surface area contributed by atoms with Crippen LogP contribution in [0.5, 0.6) is 0 Å². The molecule has 3 saturated heterocycles. The molecule has 1 N–H and O–H groups in total. The predicted molar refractivity (Wildman–Crippen MR) is 155 cm³/mol. The van der Waals surface area contributed by atoms with E-state index < -0.39 is 34.6 Å². The van der Waals surface area contributed by atoms with Gasteiger partial charge in [-0.15, -0.1) is 23.4 Å². The summed E-state index contributed by atoms with van der Waals surface area (Å²) >= 11 is 5.29. The van der Waals surface area contributed by atoms with Gasteiger partial charge in [0.15, 0.2) is 0 Å². The predicted octanol–water partition coefficient (Wildman–Crippen LogP) is 2.61. The average Bonchev–Trinajstić information content (AvgIpc) is 3.65. The molecule has 7 atom stereocenters. The molecule has 1 aromatic carbocycles. The van der Waals surface area contributed by atoms with E-state index in [1.807, 2.05) is 38.1 Å². The van der Waals surface area contributed by atoms with Gasteiger partial charge >= 0.3 is 5.97 Å². The maximum absolute atomic E-state index is 14.7. The van der Waals surface area contributed by atoms with Crippen molar-refractivity contribution in [3.8, 4) is 0 Å². The van der Waals surface area contributed by atoms with Crippen LogP contribution in [0.2, 0.25) is 0 Å². The van der Waals surface area contributed by atoms with Crippen LogP contribution < -0.4 is 0 Å². The number of amides is 2. The molecule has 2 amide bonds. The van der Waals surface area contributed by atoms with E-state index in [1.54, 1.807) is 20.6 Å². The summed E-state index contributed by atoms with van der Waals surface area (Å²) in [5, 5.41) is 18.7. The number of para-hydroxylation sites is 1. The first-order chi connectivity index (χ1) is 19.2. The number of nitrogens with zero attached hydrogens (tertiary/aromatic N) is 5. The SMILES string of the molecule is C=CCOC(=O)[C@H]1[C@@H]2SC3(CC2Br)C(C(=O)N(CC=C)Cn2nnc4ccccc42)N([C@@H](CO)C(C)C)C(=O)[C@H]13. The molecular formula is C28H34BrN5O5S. The number of thioether (sulfide) groups is 1. The third kappa shape index (κ3) is 4.48. The number of esters is 1. The van der Waals surface area contributed by atoms with Gasteiger partial charge in [-0.25, -0.2) is 4.68 Å². The Kier molecular flexibility index (Phi) is 8.13. The lowest BCUT2D eigenvalue weighted by Gasteiger charge is -2.40. The minimum absolute atomic E-state index is 0.0455. The summed E-state index contributed by atoms with van der Waals surface area (Å²) in [4.78, 5) is 45.4. The molecule has 5 rings (SSSR count). The number of hydrogen-bond acceptors (Lipinski definition) is 8. The van der Waals surface area contributed by atoms with E-state index in [0.29, 0.717) is 11.9 Å². The van der Waals surface area contributed by atoms with Crippen LogP contribution in [-0.2, 0) is 25.8 Å². The van der Waals surface area contributed by atoms with Crippen LogP contribution >= 0.6 is 27.7 Å². The van der Waals surface area contributed by atoms with Crippen LogP contribution in [0.25, 0.3) is 11.0 Å². The van der Waals surface area contributed by atoms with Crippen molar-refractivity contribution in [1.29, 1.82) is 0 Å². The fraction of sp³-hybridized carbons (Fsp3) is 0.536. The molecule has 3 aliphatic rings. The van der Waals surface area contributed by atoms with E-state index in [4.69, 9.17) is 4.74 Å². The third-order valence-corrected chi connectivity index (χ3v) is 11.5. The van der Waals surface area contributed by atoms with Crippen molar-refractivity contribution in [2.45, 2.75) is 53.8 Å². The summed E-state index contributed by atoms with van der Waals surface area (Å²) in [6, 6.07) is 5.99. The molecule has 3 aliphatic heterocycles. The maximum atomic E-state index is 14.7. The summed E-state index contributed by atoms with van der Waals surface area (Å²) in [7, 11) is 0. The second-order valence-electron chi connectivity index (χ2n) is 10.9. The largest absolute Gasteiger partial charge is 0.461 e. The Bertz CT molecular complexity index is 1340. The summed E-state index contributed by atoms with van der Waals surface area (Å²) in [5.74, 6) is -2.60. The molecule has 4 heterocycles. The number of carbonyl (C=O) groups excluding carboxylic acids is 3. The first kappa shape index (κ1) is 28.8. The van der Waals surface area contributed by atoms with Gasteiger partial charge in [0.25, 0.3) is 0 Å². The Morgan fingerprint density at radius 1 is 1.32 bits per heavy atom. The van der Waals surface area contributed by atoms with Gasteiger partial charge in [-0.05, 0) is 24.5 Å². The van der Waals surface area contributed by atoms with Crippen molar-refractivity contribution in [2.75, 3.05) is 19.8 Å². The molecular weight excluding hydrogens is 598 g/mol. The van der Waals surface area contributed by atoms with Crippen LogP contribution in [0.1, 0.15) is 20.3 Å². The van der Waals surface area contributed by atoms with Gasteiger partial charge < -0.3 is 19.6 Å². The number of aromatic nitrogens is 3. The summed E-state index contributed by atoms with van der Waals surface area (Å²) in [5.41, 5.74) is 1.48. The molecule has 40 heavy (non-hydrogen) atoms. The number of ether oxygens (including phenoxy) is 1. The zero-order valence-corrected chi connectivity index (χ0v) is 25.0. The van der Waals surface area contributed by atoms with Gasteiger partial charge in [-0.3, -0.25) is 14.4 Å². The van der Waals surface area contributed by atoms with Gasteiger partial charge in [0.2, 0.25) is 11.8 Å². The van der Waals surface area contributed by atoms with Crippen molar-refractivity contribution in [1.82, 2.24) is 24.8 Å². The Morgan fingerprint density at radius 3 is 2.75 bits per heavy atom. The normalized spacial score (nSPS) is 29.6. The Morgan fingerprint density at radius 2 is 2.08 bits per heavy atom. The second kappa shape index (κ2) is 11.3. The fourth-order valence-corrected chi connectivity index (χ4v) is 10.1. The molecule has 12 heteroatoms. The van der Waals surface area contributed by atoms with Crippen molar-refractivity contribution in [3.05, 3.63) is 49.6 Å². The van der Waals surface area contributed by atoms with Crippen LogP contribution in [0.15, 0.2) is 49.6 Å². The number of carbonyl (C=O) groups is 3. The van der Waals surface area contributed by atoms with Gasteiger partial charge in [0.05, 0.1) is 34.7 Å². The minimum Gasteiger partial charge on any atom is -0.461 e. The monoisotopic (exact) mass is 631 g/mol. The van der Waals surface area contributed by atoms with E-state index in [-0.39, 0.29) is 54.2 Å². The summed E-state index contributed by atoms with van der Waals surface area (Å²) in [6.45, 7) is 11.4. The Labute approximate surface area is 245 Å². The lowest BCUT2D eigenvalue weighted by atomic mass is 9.71. The second-order valence-corrected chi connectivity index (χ2v) is 13.6. The van der Waals surface area contributed by atoms with Gasteiger partial charge in [-0.1, -0.05) is 65.9 Å². The highest BCUT2D eigenvalue weighted by molar-refractivity contribution is 9.09. The van der Waals surface area contributed by atoms with Gasteiger partial charge in [0, 0.05) is 16.6 Å². The van der Waals surface area contributed by atoms with Gasteiger partial charge in [0.1, 0.15) is 24.8 Å². The van der Waals surface area contributed by atoms with Crippen molar-refractivity contribution < 1.29 is 24.2 Å². The number of benzene rings is 1. The number of halogens is 1. The smallest absolute Gasteiger partial charge is 0.311 e. The summed E-state index contributed by atoms with van der Waals surface area (Å²) < 4.78 is 6.24. The number of likely N-dealkylation sites (tertiary alicyclic amines) is 1. The third-order valence-electron chi connectivity index (χ3n) is 8.28. The quantitative estimate of drug-likeness (QED) is 0.228. The van der Waals surface area contributed by atoms with Crippen LogP contribution in [-0.4, -0.2) is 94.4 Å². The number of rotatable bonds is 11. The fourth-order valence-electron chi connectivity index (χ4n) is 6.56. The van der Waals surface area contributed by atoms with E-state index in [2.05, 4.69) is 39.4 Å². The Hall–Kier alpha value is -2.70. The molecule has 2 bridgehead atoms. The van der Waals surface area contributed by atoms with E-state index in [1.165, 1.54) is 17.8 Å². The first-order valence-corrected chi connectivity index (χ1v) is 15.2. The van der Waals surface area contributed by atoms with Gasteiger partial charge in [-0.2, -0.15) is 0 Å². The molecule has 0 saturated carbocycles. The molecule has 0 aliphatic carbocycles. The minimum atomic E-state index is -0.897. The Balaban J connectivity index is 1.58. The highest BCUT2D eigenvalue weighted by Crippen LogP contribution is 2.68. The zero-order chi connectivity index (χ0) is 28.8. The van der Waals surface area contributed by atoms with Crippen LogP contribution in [0, 0.1) is 17.8 Å². The molecule has 0 radical (unpaired) electrons. The molecule has 3 fully saturated rings. The number of alkyl halides is 1. The van der Waals surface area contributed by atoms with E-state index >= 15 is 0 Å². The van der Waals surface area contributed by atoms with E-state index in [0.717, 1.165) is 5.52 Å². The van der Waals surface area contributed by atoms with Crippen molar-refractivity contribution in [3.63, 3.8) is 0 Å². The highest BCUT2D eigenvalue weighted by atomic mass is 79.9. The zero-order valence-electron chi connectivity index (χ0n) is 22.6. The average molecular weight is 633 g/mol. The van der Waals surface area contributed by atoms with Crippen LogP contribution in [0.4, 0.5) is 0 Å². The molecule has 3 unspecified atom stereocenters. The topological polar surface area (TPSA) is 118 Å². The molecule has 1 aromatic heterocycles.